The van der Waals surface area contributed by atoms with Gasteiger partial charge in [0.05, 0.1) is 6.42 Å². The van der Waals surface area contributed by atoms with Crippen LogP contribution in [0.3, 0.4) is 0 Å². The summed E-state index contributed by atoms with van der Waals surface area (Å²) in [6.45, 7) is 4.15. The first kappa shape index (κ1) is 16.4. The number of carbonyl (C=O) groups excluding carboxylic acids is 1. The van der Waals surface area contributed by atoms with Crippen molar-refractivity contribution >= 4 is 17.2 Å². The molecule has 0 bridgehead atoms. The van der Waals surface area contributed by atoms with E-state index < -0.39 is 0 Å². The molecule has 0 atom stereocenters. The molecule has 1 aromatic rings. The molecule has 0 aromatic carbocycles. The average molecular weight is 327 g/mol. The number of nitrogens with zero attached hydrogens (tertiary/aromatic N) is 3. The molecule has 0 saturated heterocycles. The third-order valence-corrected chi connectivity index (χ3v) is 4.44. The van der Waals surface area contributed by atoms with Gasteiger partial charge in [0.1, 0.15) is 22.6 Å². The minimum Gasteiger partial charge on any atom is -0.285 e. The highest BCUT2D eigenvalue weighted by Gasteiger charge is 2.41. The first-order chi connectivity index (χ1) is 11.5. The van der Waals surface area contributed by atoms with Crippen LogP contribution in [0.25, 0.3) is 5.57 Å². The number of aryl methyl sites for hydroxylation is 2. The normalized spacial score (nSPS) is 20.0. The number of hydrazone groups is 1. The zero-order chi connectivity index (χ0) is 17.4. The Morgan fingerprint density at radius 1 is 1.17 bits per heavy atom. The molecule has 1 aliphatic heterocycles. The molecule has 2 aliphatic rings. The van der Waals surface area contributed by atoms with Crippen molar-refractivity contribution in [2.75, 3.05) is 7.05 Å². The van der Waals surface area contributed by atoms with Gasteiger partial charge in [-0.3, -0.25) is 14.7 Å². The summed E-state index contributed by atoms with van der Waals surface area (Å²) in [6.07, 6.45) is 7.37. The van der Waals surface area contributed by atoms with Gasteiger partial charge in [-0.1, -0.05) is 13.8 Å². The number of allylic oxidation sites excluding steroid dienone is 3. The number of carbonyl (C=O) groups is 1. The van der Waals surface area contributed by atoms with Crippen molar-refractivity contribution in [2.45, 2.75) is 46.0 Å². The lowest BCUT2D eigenvalue weighted by Gasteiger charge is -2.10. The van der Waals surface area contributed by atoms with Crippen LogP contribution in [0.4, 0.5) is 0 Å². The summed E-state index contributed by atoms with van der Waals surface area (Å²) in [5.41, 5.74) is 4.92. The molecule has 6 nitrogen and oxygen atoms in total. The summed E-state index contributed by atoms with van der Waals surface area (Å²) in [5, 5.41) is 8.85. The molecule has 126 valence electrons. The monoisotopic (exact) mass is 327 g/mol. The highest BCUT2D eigenvalue weighted by Crippen LogP contribution is 2.37. The summed E-state index contributed by atoms with van der Waals surface area (Å²) < 4.78 is 1.51. The molecule has 1 amide bonds. The van der Waals surface area contributed by atoms with E-state index in [2.05, 4.69) is 30.1 Å². The third-order valence-electron chi connectivity index (χ3n) is 4.44. The molecule has 0 saturated carbocycles. The number of aromatic amines is 1. The highest BCUT2D eigenvalue weighted by atomic mass is 16.2. The number of H-pyrrole nitrogens is 1. The van der Waals surface area contributed by atoms with E-state index in [4.69, 9.17) is 0 Å². The standard InChI is InChI=1S/C18H22N4O2/c1-5-7-13-15(17(23)21(3)19-13)11-9-12(10-11)16-14(8-6-2)20-22(4)18(16)24/h5-9H2,1-4H3/p+1. The lowest BCUT2D eigenvalue weighted by atomic mass is 9.82. The molecule has 1 aliphatic carbocycles. The Morgan fingerprint density at radius 3 is 2.46 bits per heavy atom. The lowest BCUT2D eigenvalue weighted by molar-refractivity contribution is -0.124. The minimum absolute atomic E-state index is 0.0256. The number of hydrogen-bond acceptors (Lipinski definition) is 3. The van der Waals surface area contributed by atoms with Gasteiger partial charge in [0.25, 0.3) is 0 Å². The topological polar surface area (TPSA) is 70.5 Å². The molecule has 0 radical (unpaired) electrons. The maximum absolute atomic E-state index is 12.4. The fourth-order valence-corrected chi connectivity index (χ4v) is 3.27. The zero-order valence-corrected chi connectivity index (χ0v) is 14.7. The molecular formula is C18H23N4O2+. The van der Waals surface area contributed by atoms with Crippen LogP contribution in [-0.2, 0) is 18.3 Å². The van der Waals surface area contributed by atoms with Crippen LogP contribution in [0.5, 0.6) is 0 Å². The minimum atomic E-state index is -0.0734. The zero-order valence-electron chi connectivity index (χ0n) is 14.7. The summed E-state index contributed by atoms with van der Waals surface area (Å²) in [6, 6.07) is 0. The second-order valence-electron chi connectivity index (χ2n) is 6.34. The van der Waals surface area contributed by atoms with Crippen molar-refractivity contribution < 1.29 is 4.79 Å². The van der Waals surface area contributed by atoms with E-state index >= 15 is 0 Å². The van der Waals surface area contributed by atoms with E-state index in [-0.39, 0.29) is 11.5 Å². The predicted octanol–water partition coefficient (Wildman–Crippen LogP) is 2.18. The molecule has 0 fully saturated rings. The number of amides is 1. The summed E-state index contributed by atoms with van der Waals surface area (Å²) in [7, 11) is 3.40. The van der Waals surface area contributed by atoms with Crippen molar-refractivity contribution in [2.24, 2.45) is 12.1 Å². The highest BCUT2D eigenvalue weighted by molar-refractivity contribution is 6.25. The maximum atomic E-state index is 12.4. The van der Waals surface area contributed by atoms with Crippen molar-refractivity contribution in [3.8, 4) is 0 Å². The van der Waals surface area contributed by atoms with Crippen molar-refractivity contribution in [1.82, 2.24) is 14.8 Å². The summed E-state index contributed by atoms with van der Waals surface area (Å²) >= 11 is 0. The molecule has 1 N–H and O–H groups in total. The van der Waals surface area contributed by atoms with Crippen LogP contribution < -0.4 is 5.56 Å². The van der Waals surface area contributed by atoms with Crippen molar-refractivity contribution in [3.05, 3.63) is 38.8 Å². The fourth-order valence-electron chi connectivity index (χ4n) is 3.27. The SMILES string of the molecule is CCCC1=NN(C)C(=O)C1=C1[C+]=C(c2c(CCC)[nH]n(C)c2=O)C1. The van der Waals surface area contributed by atoms with Crippen molar-refractivity contribution in [1.29, 1.82) is 0 Å². The van der Waals surface area contributed by atoms with Crippen molar-refractivity contribution in [3.63, 3.8) is 0 Å². The van der Waals surface area contributed by atoms with Crippen LogP contribution in [-0.4, -0.2) is 33.5 Å². The largest absolute Gasteiger partial charge is 0.332 e. The summed E-state index contributed by atoms with van der Waals surface area (Å²) in [5.74, 6) is -0.0734. The molecule has 0 spiro atoms. The number of rotatable bonds is 5. The van der Waals surface area contributed by atoms with Crippen LogP contribution in [0.15, 0.2) is 21.0 Å². The number of hydrogen-bond donors (Lipinski definition) is 1. The molecule has 24 heavy (non-hydrogen) atoms. The van der Waals surface area contributed by atoms with Gasteiger partial charge in [-0.05, 0) is 12.8 Å². The van der Waals surface area contributed by atoms with E-state index in [1.807, 2.05) is 0 Å². The Bertz CT molecular complexity index is 836. The van der Waals surface area contributed by atoms with Gasteiger partial charge in [0.15, 0.2) is 11.1 Å². The Morgan fingerprint density at radius 2 is 1.83 bits per heavy atom. The molecule has 2 heterocycles. The Labute approximate surface area is 141 Å². The van der Waals surface area contributed by atoms with Gasteiger partial charge < -0.3 is 0 Å². The molecule has 3 rings (SSSR count). The van der Waals surface area contributed by atoms with Crippen LogP contribution >= 0.6 is 0 Å². The summed E-state index contributed by atoms with van der Waals surface area (Å²) in [4.78, 5) is 24.7. The van der Waals surface area contributed by atoms with Gasteiger partial charge in [0.2, 0.25) is 0 Å². The van der Waals surface area contributed by atoms with Crippen LogP contribution in [0.2, 0.25) is 0 Å². The predicted molar refractivity (Wildman–Crippen MR) is 93.4 cm³/mol. The molecular weight excluding hydrogens is 304 g/mol. The van der Waals surface area contributed by atoms with Gasteiger partial charge in [0, 0.05) is 33.0 Å². The Balaban J connectivity index is 1.99. The smallest absolute Gasteiger partial charge is 0.285 e. The van der Waals surface area contributed by atoms with Gasteiger partial charge >= 0.3 is 11.5 Å². The van der Waals surface area contributed by atoms with E-state index in [0.717, 1.165) is 53.8 Å². The molecule has 1 aromatic heterocycles. The fraction of sp³-hybridized carbons (Fsp3) is 0.500. The second kappa shape index (κ2) is 6.21. The maximum Gasteiger partial charge on any atom is 0.332 e. The first-order valence-corrected chi connectivity index (χ1v) is 8.48. The van der Waals surface area contributed by atoms with Crippen LogP contribution in [0.1, 0.15) is 50.8 Å². The second-order valence-corrected chi connectivity index (χ2v) is 6.34. The number of likely N-dealkylation sites (N-methyl/N-ethyl adjacent to an activating group) is 1. The van der Waals surface area contributed by atoms with Gasteiger partial charge in [-0.15, -0.1) is 0 Å². The quantitative estimate of drug-likeness (QED) is 0.665. The van der Waals surface area contributed by atoms with E-state index in [1.165, 1.54) is 9.69 Å². The average Bonchev–Trinajstić information content (AvgIpc) is 2.91. The number of aromatic nitrogens is 2. The van der Waals surface area contributed by atoms with Gasteiger partial charge in [-0.2, -0.15) is 5.10 Å². The Hall–Kier alpha value is -2.46. The third kappa shape index (κ3) is 2.53. The first-order valence-electron chi connectivity index (χ1n) is 8.48. The Kier molecular flexibility index (Phi) is 4.24. The van der Waals surface area contributed by atoms with E-state index in [9.17, 15) is 9.59 Å². The van der Waals surface area contributed by atoms with E-state index in [0.29, 0.717) is 12.0 Å². The number of nitrogens with one attached hydrogen (secondary N) is 1. The molecule has 6 heteroatoms. The van der Waals surface area contributed by atoms with Crippen LogP contribution in [0, 0.1) is 6.08 Å². The lowest BCUT2D eigenvalue weighted by Crippen LogP contribution is -2.21. The molecule has 0 unspecified atom stereocenters. The van der Waals surface area contributed by atoms with Gasteiger partial charge in [-0.25, -0.2) is 9.69 Å². The van der Waals surface area contributed by atoms with E-state index in [1.54, 1.807) is 14.1 Å².